The molecule has 2 rings (SSSR count). The molecular formula is C17H25NO. The van der Waals surface area contributed by atoms with Crippen molar-refractivity contribution in [3.05, 3.63) is 30.5 Å². The second-order valence-electron chi connectivity index (χ2n) is 5.05. The van der Waals surface area contributed by atoms with Crippen LogP contribution in [0.15, 0.2) is 30.5 Å². The van der Waals surface area contributed by atoms with Crippen molar-refractivity contribution in [3.8, 4) is 5.75 Å². The molecule has 0 spiro atoms. The monoisotopic (exact) mass is 259 g/mol. The minimum Gasteiger partial charge on any atom is -0.493 e. The molecule has 0 amide bonds. The van der Waals surface area contributed by atoms with Crippen LogP contribution in [0.2, 0.25) is 0 Å². The summed E-state index contributed by atoms with van der Waals surface area (Å²) in [5.74, 6) is 1.00. The Morgan fingerprint density at radius 3 is 2.63 bits per heavy atom. The molecule has 0 bridgehead atoms. The Morgan fingerprint density at radius 1 is 1.00 bits per heavy atom. The van der Waals surface area contributed by atoms with Gasteiger partial charge in [-0.2, -0.15) is 0 Å². The molecule has 1 heterocycles. The minimum atomic E-state index is 0.724. The van der Waals surface area contributed by atoms with E-state index in [2.05, 4.69) is 42.0 Å². The van der Waals surface area contributed by atoms with Crippen LogP contribution in [0.5, 0.6) is 5.75 Å². The van der Waals surface area contributed by atoms with Gasteiger partial charge in [-0.3, -0.25) is 0 Å². The second kappa shape index (κ2) is 7.22. The lowest BCUT2D eigenvalue weighted by Gasteiger charge is -2.07. The van der Waals surface area contributed by atoms with Crippen molar-refractivity contribution in [2.24, 2.45) is 0 Å². The van der Waals surface area contributed by atoms with E-state index >= 15 is 0 Å². The van der Waals surface area contributed by atoms with E-state index in [1.807, 2.05) is 6.92 Å². The van der Waals surface area contributed by atoms with Gasteiger partial charge in [0.2, 0.25) is 0 Å². The molecule has 0 N–H and O–H groups in total. The van der Waals surface area contributed by atoms with Gasteiger partial charge in [-0.05, 0) is 31.5 Å². The summed E-state index contributed by atoms with van der Waals surface area (Å²) in [6, 6.07) is 8.49. The number of aryl methyl sites for hydroxylation is 1. The molecule has 19 heavy (non-hydrogen) atoms. The van der Waals surface area contributed by atoms with Crippen molar-refractivity contribution in [1.82, 2.24) is 4.57 Å². The SMILES string of the molecule is CCCCCCCn1ccc2c(OCC)cccc21. The van der Waals surface area contributed by atoms with Gasteiger partial charge >= 0.3 is 0 Å². The van der Waals surface area contributed by atoms with Crippen LogP contribution in [0.25, 0.3) is 10.9 Å². The van der Waals surface area contributed by atoms with Crippen LogP contribution in [0, 0.1) is 0 Å². The van der Waals surface area contributed by atoms with Gasteiger partial charge < -0.3 is 9.30 Å². The summed E-state index contributed by atoms with van der Waals surface area (Å²) in [6.45, 7) is 6.13. The lowest BCUT2D eigenvalue weighted by atomic mass is 10.1. The van der Waals surface area contributed by atoms with Gasteiger partial charge in [-0.1, -0.05) is 38.7 Å². The Hall–Kier alpha value is -1.44. The lowest BCUT2D eigenvalue weighted by Crippen LogP contribution is -1.96. The summed E-state index contributed by atoms with van der Waals surface area (Å²) in [6.07, 6.45) is 8.82. The van der Waals surface area contributed by atoms with Crippen LogP contribution < -0.4 is 4.74 Å². The van der Waals surface area contributed by atoms with Gasteiger partial charge in [0, 0.05) is 18.1 Å². The van der Waals surface area contributed by atoms with E-state index < -0.39 is 0 Å². The summed E-state index contributed by atoms with van der Waals surface area (Å²) in [7, 11) is 0. The van der Waals surface area contributed by atoms with Gasteiger partial charge in [0.25, 0.3) is 0 Å². The third-order valence-electron chi connectivity index (χ3n) is 3.58. The first-order valence-corrected chi connectivity index (χ1v) is 7.57. The molecule has 0 aliphatic rings. The molecule has 1 aromatic carbocycles. The Kier molecular flexibility index (Phi) is 5.31. The van der Waals surface area contributed by atoms with Crippen molar-refractivity contribution in [2.45, 2.75) is 52.5 Å². The molecular weight excluding hydrogens is 234 g/mol. The summed E-state index contributed by atoms with van der Waals surface area (Å²) in [5, 5.41) is 1.23. The molecule has 0 atom stereocenters. The van der Waals surface area contributed by atoms with Crippen LogP contribution in [0.1, 0.15) is 46.0 Å². The number of hydrogen-bond acceptors (Lipinski definition) is 1. The van der Waals surface area contributed by atoms with Crippen LogP contribution in [0.4, 0.5) is 0 Å². The molecule has 0 saturated carbocycles. The number of benzene rings is 1. The van der Waals surface area contributed by atoms with Crippen molar-refractivity contribution >= 4 is 10.9 Å². The van der Waals surface area contributed by atoms with Gasteiger partial charge in [0.05, 0.1) is 12.1 Å². The fourth-order valence-electron chi connectivity index (χ4n) is 2.56. The molecule has 1 aromatic heterocycles. The quantitative estimate of drug-likeness (QED) is 0.608. The molecule has 2 nitrogen and oxygen atoms in total. The zero-order valence-corrected chi connectivity index (χ0v) is 12.2. The van der Waals surface area contributed by atoms with Crippen molar-refractivity contribution in [3.63, 3.8) is 0 Å². The number of ether oxygens (including phenoxy) is 1. The zero-order valence-electron chi connectivity index (χ0n) is 12.2. The first-order valence-electron chi connectivity index (χ1n) is 7.57. The van der Waals surface area contributed by atoms with Gasteiger partial charge in [0.1, 0.15) is 5.75 Å². The second-order valence-corrected chi connectivity index (χ2v) is 5.05. The Balaban J connectivity index is 2.02. The highest BCUT2D eigenvalue weighted by atomic mass is 16.5. The molecule has 0 aliphatic heterocycles. The molecule has 0 unspecified atom stereocenters. The number of hydrogen-bond donors (Lipinski definition) is 0. The van der Waals surface area contributed by atoms with Crippen molar-refractivity contribution in [1.29, 1.82) is 0 Å². The third-order valence-corrected chi connectivity index (χ3v) is 3.58. The molecule has 0 fully saturated rings. The fraction of sp³-hybridized carbons (Fsp3) is 0.529. The Labute approximate surface area is 116 Å². The summed E-state index contributed by atoms with van der Waals surface area (Å²) < 4.78 is 8.03. The average molecular weight is 259 g/mol. The van der Waals surface area contributed by atoms with Crippen LogP contribution >= 0.6 is 0 Å². The number of aromatic nitrogens is 1. The summed E-state index contributed by atoms with van der Waals surface area (Å²) in [4.78, 5) is 0. The average Bonchev–Trinajstić information content (AvgIpc) is 2.83. The number of rotatable bonds is 8. The van der Waals surface area contributed by atoms with Gasteiger partial charge in [0.15, 0.2) is 0 Å². The Morgan fingerprint density at radius 2 is 1.84 bits per heavy atom. The minimum absolute atomic E-state index is 0.724. The van der Waals surface area contributed by atoms with E-state index in [1.54, 1.807) is 0 Å². The first-order chi connectivity index (χ1) is 9.36. The van der Waals surface area contributed by atoms with E-state index in [9.17, 15) is 0 Å². The fourth-order valence-corrected chi connectivity index (χ4v) is 2.56. The highest BCUT2D eigenvalue weighted by Gasteiger charge is 2.05. The summed E-state index contributed by atoms with van der Waals surface area (Å²) in [5.41, 5.74) is 1.29. The van der Waals surface area contributed by atoms with E-state index in [0.717, 1.165) is 18.9 Å². The van der Waals surface area contributed by atoms with Gasteiger partial charge in [-0.25, -0.2) is 0 Å². The van der Waals surface area contributed by atoms with E-state index in [0.29, 0.717) is 0 Å². The van der Waals surface area contributed by atoms with Gasteiger partial charge in [-0.15, -0.1) is 0 Å². The molecule has 0 radical (unpaired) electrons. The number of fused-ring (bicyclic) bond motifs is 1. The smallest absolute Gasteiger partial charge is 0.128 e. The predicted molar refractivity (Wildman–Crippen MR) is 81.9 cm³/mol. The van der Waals surface area contributed by atoms with E-state index in [-0.39, 0.29) is 0 Å². The maximum atomic E-state index is 5.68. The number of unbranched alkanes of at least 4 members (excludes halogenated alkanes) is 4. The number of nitrogens with zero attached hydrogens (tertiary/aromatic N) is 1. The maximum absolute atomic E-state index is 5.68. The largest absolute Gasteiger partial charge is 0.493 e. The first kappa shape index (κ1) is 14.0. The third kappa shape index (κ3) is 3.52. The van der Waals surface area contributed by atoms with E-state index in [4.69, 9.17) is 4.74 Å². The van der Waals surface area contributed by atoms with Crippen LogP contribution in [-0.4, -0.2) is 11.2 Å². The van der Waals surface area contributed by atoms with Crippen molar-refractivity contribution in [2.75, 3.05) is 6.61 Å². The highest BCUT2D eigenvalue weighted by molar-refractivity contribution is 5.86. The lowest BCUT2D eigenvalue weighted by molar-refractivity contribution is 0.344. The zero-order chi connectivity index (χ0) is 13.5. The normalized spacial score (nSPS) is 11.1. The summed E-state index contributed by atoms with van der Waals surface area (Å²) >= 11 is 0. The molecule has 2 aromatic rings. The highest BCUT2D eigenvalue weighted by Crippen LogP contribution is 2.26. The molecule has 2 heteroatoms. The van der Waals surface area contributed by atoms with Crippen LogP contribution in [0.3, 0.4) is 0 Å². The Bertz CT molecular complexity index is 501. The van der Waals surface area contributed by atoms with E-state index in [1.165, 1.54) is 43.0 Å². The molecule has 0 aliphatic carbocycles. The maximum Gasteiger partial charge on any atom is 0.128 e. The van der Waals surface area contributed by atoms with Crippen LogP contribution in [-0.2, 0) is 6.54 Å². The molecule has 104 valence electrons. The molecule has 0 saturated heterocycles. The predicted octanol–water partition coefficient (Wildman–Crippen LogP) is 5.01. The standard InChI is InChI=1S/C17H25NO/c1-3-5-6-7-8-13-18-14-12-15-16(18)10-9-11-17(15)19-4-2/h9-12,14H,3-8,13H2,1-2H3. The van der Waals surface area contributed by atoms with Crippen molar-refractivity contribution < 1.29 is 4.74 Å². The topological polar surface area (TPSA) is 14.2 Å².